The predicted molar refractivity (Wildman–Crippen MR) is 195 cm³/mol. The van der Waals surface area contributed by atoms with Gasteiger partial charge < -0.3 is 0 Å². The molecule has 1 heterocycles. The van der Waals surface area contributed by atoms with Crippen molar-refractivity contribution in [2.75, 3.05) is 23.0 Å². The topological polar surface area (TPSA) is 17.1 Å². The highest BCUT2D eigenvalue weighted by molar-refractivity contribution is 9.10. The number of carbonyl (C=O) groups is 1. The summed E-state index contributed by atoms with van der Waals surface area (Å²) in [4.78, 5) is 12.3. The van der Waals surface area contributed by atoms with Crippen LogP contribution < -0.4 is 0 Å². The molecule has 0 bridgehead atoms. The third kappa shape index (κ3) is 5.88. The summed E-state index contributed by atoms with van der Waals surface area (Å²) in [6.07, 6.45) is 0. The summed E-state index contributed by atoms with van der Waals surface area (Å²) in [5.74, 6) is 4.35. The first-order valence-electron chi connectivity index (χ1n) is 13.5. The van der Waals surface area contributed by atoms with E-state index in [2.05, 4.69) is 137 Å². The van der Waals surface area contributed by atoms with Gasteiger partial charge in [0.1, 0.15) is 4.08 Å². The maximum absolute atomic E-state index is 12.3. The molecule has 1 nitrogen and oxygen atoms in total. The number of rotatable bonds is 1. The van der Waals surface area contributed by atoms with E-state index in [4.69, 9.17) is 0 Å². The molecule has 1 spiro atoms. The van der Waals surface area contributed by atoms with Crippen molar-refractivity contribution in [2.45, 2.75) is 31.8 Å². The molecule has 212 valence electrons. The fourth-order valence-electron chi connectivity index (χ4n) is 5.70. The Morgan fingerprint density at radius 3 is 1.83 bits per heavy atom. The highest BCUT2D eigenvalue weighted by atomic mass is 79.9. The lowest BCUT2D eigenvalue weighted by molar-refractivity contribution is 0.104. The summed E-state index contributed by atoms with van der Waals surface area (Å²) in [5.41, 5.74) is 14.6. The van der Waals surface area contributed by atoms with E-state index in [0.717, 1.165) is 43.8 Å². The normalized spacial score (nSPS) is 14.9. The van der Waals surface area contributed by atoms with Crippen LogP contribution in [0.1, 0.15) is 49.3 Å². The van der Waals surface area contributed by atoms with E-state index in [0.29, 0.717) is 0 Å². The van der Waals surface area contributed by atoms with Crippen LogP contribution in [0.3, 0.4) is 0 Å². The van der Waals surface area contributed by atoms with Crippen molar-refractivity contribution in [3.8, 4) is 22.3 Å². The Morgan fingerprint density at radius 2 is 1.20 bits per heavy atom. The molecule has 0 aromatic heterocycles. The first kappa shape index (κ1) is 31.3. The number of carbonyl (C=O) groups excluding carboxylic acids is 1. The van der Waals surface area contributed by atoms with Crippen LogP contribution in [0.2, 0.25) is 0 Å². The molecule has 1 saturated heterocycles. The fourth-order valence-corrected chi connectivity index (χ4v) is 11.1. The van der Waals surface area contributed by atoms with E-state index in [-0.39, 0.29) is 9.86 Å². The van der Waals surface area contributed by atoms with Crippen molar-refractivity contribution < 1.29 is 4.79 Å². The van der Waals surface area contributed by atoms with Gasteiger partial charge in [-0.1, -0.05) is 91.5 Å². The molecule has 0 radical (unpaired) electrons. The van der Waals surface area contributed by atoms with Crippen LogP contribution in [0.25, 0.3) is 22.3 Å². The van der Waals surface area contributed by atoms with Crippen LogP contribution >= 0.6 is 80.6 Å². The zero-order valence-corrected chi connectivity index (χ0v) is 30.1. The second-order valence-electron chi connectivity index (χ2n) is 10.5. The Kier molecular flexibility index (Phi) is 9.84. The molecule has 1 fully saturated rings. The van der Waals surface area contributed by atoms with Gasteiger partial charge in [0.2, 0.25) is 0 Å². The minimum absolute atomic E-state index is 0.116. The highest BCUT2D eigenvalue weighted by Gasteiger charge is 2.48. The molecule has 0 N–H and O–H groups in total. The molecule has 2 aliphatic carbocycles. The van der Waals surface area contributed by atoms with Gasteiger partial charge in [-0.2, -0.15) is 25.3 Å². The summed E-state index contributed by atoms with van der Waals surface area (Å²) < 4.78 is 2.28. The molecule has 4 aromatic carbocycles. The van der Waals surface area contributed by atoms with Gasteiger partial charge in [0.15, 0.2) is 5.78 Å². The van der Waals surface area contributed by atoms with Crippen molar-refractivity contribution in [3.63, 3.8) is 0 Å². The van der Waals surface area contributed by atoms with Gasteiger partial charge in [0.05, 0.1) is 0 Å². The Balaban J connectivity index is 0.000000148. The Morgan fingerprint density at radius 1 is 0.659 bits per heavy atom. The molecule has 7 rings (SSSR count). The third-order valence-electron chi connectivity index (χ3n) is 7.35. The van der Waals surface area contributed by atoms with E-state index in [1.165, 1.54) is 54.9 Å². The molecule has 4 aromatic rings. The SMILES string of the molecule is Cc1ccc2c(c1)-c1cc(C)cc(Br)c1C21SCCS1.Cc1ccc2c(c1)-c1cc(C)cc(Br)c1C2=O.SCCS. The first-order chi connectivity index (χ1) is 19.6. The number of benzene rings is 4. The Hall–Kier alpha value is -1.09. The predicted octanol–water partition coefficient (Wildman–Crippen LogP) is 10.9. The van der Waals surface area contributed by atoms with Crippen LogP contribution in [0.15, 0.2) is 69.6 Å². The number of halogens is 2. The van der Waals surface area contributed by atoms with Crippen LogP contribution in [0, 0.1) is 27.7 Å². The number of ketones is 1. The van der Waals surface area contributed by atoms with Crippen molar-refractivity contribution >= 4 is 86.4 Å². The summed E-state index contributed by atoms with van der Waals surface area (Å²) >= 11 is 19.2. The molecule has 0 unspecified atom stereocenters. The molecular weight excluding hydrogens is 712 g/mol. The molecule has 0 saturated carbocycles. The largest absolute Gasteiger partial charge is 0.289 e. The van der Waals surface area contributed by atoms with Crippen LogP contribution in [-0.4, -0.2) is 28.8 Å². The van der Waals surface area contributed by atoms with E-state index >= 15 is 0 Å². The molecule has 3 aliphatic rings. The van der Waals surface area contributed by atoms with Gasteiger partial charge in [0, 0.05) is 37.1 Å². The third-order valence-corrected chi connectivity index (χ3v) is 12.8. The number of hydrogen-bond acceptors (Lipinski definition) is 5. The fraction of sp³-hybridized carbons (Fsp3) is 0.265. The van der Waals surface area contributed by atoms with E-state index in [1.807, 2.05) is 32.0 Å². The lowest BCUT2D eigenvalue weighted by atomic mass is 10.0. The smallest absolute Gasteiger partial charge is 0.195 e. The van der Waals surface area contributed by atoms with Crippen molar-refractivity contribution in [2.24, 2.45) is 0 Å². The Labute approximate surface area is 280 Å². The standard InChI is InChI=1S/C17H15BrS2.C15H11BrO.C2H6S2/c1-10-3-4-14-12(7-10)13-8-11(2)9-15(18)16(13)17(14)19-5-6-20-17;1-8-3-4-10-11(5-8)12-6-9(2)7-13(16)14(12)15(10)17;3-1-2-4/h3-4,7-9H,5-6H2,1-2H3;3-7H,1-2H3;3-4H,1-2H2. The van der Waals surface area contributed by atoms with Gasteiger partial charge >= 0.3 is 0 Å². The number of hydrogen-bond donors (Lipinski definition) is 2. The van der Waals surface area contributed by atoms with E-state index in [9.17, 15) is 4.79 Å². The second-order valence-corrected chi connectivity index (χ2v) is 16.0. The minimum atomic E-state index is 0.116. The van der Waals surface area contributed by atoms with Gasteiger partial charge in [-0.05, 0) is 90.3 Å². The van der Waals surface area contributed by atoms with Gasteiger partial charge in [0.25, 0.3) is 0 Å². The van der Waals surface area contributed by atoms with E-state index in [1.54, 1.807) is 0 Å². The number of fused-ring (bicyclic) bond motifs is 8. The average Bonchev–Trinajstić information content (AvgIpc) is 3.59. The zero-order valence-electron chi connectivity index (χ0n) is 23.5. The maximum atomic E-state index is 12.3. The molecule has 1 aliphatic heterocycles. The maximum Gasteiger partial charge on any atom is 0.195 e. The number of aryl methyl sites for hydroxylation is 4. The average molecular weight is 745 g/mol. The summed E-state index contributed by atoms with van der Waals surface area (Å²) in [6, 6.07) is 21.7. The molecule has 0 atom stereocenters. The highest BCUT2D eigenvalue weighted by Crippen LogP contribution is 2.65. The van der Waals surface area contributed by atoms with Crippen LogP contribution in [0.4, 0.5) is 0 Å². The molecule has 0 amide bonds. The lowest BCUT2D eigenvalue weighted by Gasteiger charge is -2.25. The van der Waals surface area contributed by atoms with Crippen molar-refractivity contribution in [1.29, 1.82) is 0 Å². The Bertz CT molecular complexity index is 1660. The quantitative estimate of drug-likeness (QED) is 0.167. The van der Waals surface area contributed by atoms with Crippen LogP contribution in [0.5, 0.6) is 0 Å². The second kappa shape index (κ2) is 12.9. The summed E-state index contributed by atoms with van der Waals surface area (Å²) in [6.45, 7) is 8.46. The monoisotopic (exact) mass is 742 g/mol. The zero-order chi connectivity index (χ0) is 29.5. The van der Waals surface area contributed by atoms with Crippen molar-refractivity contribution in [3.05, 3.63) is 114 Å². The molecule has 7 heteroatoms. The van der Waals surface area contributed by atoms with E-state index < -0.39 is 0 Å². The first-order valence-corrected chi connectivity index (χ1v) is 18.3. The molecular formula is C34H32Br2OS4. The molecule has 41 heavy (non-hydrogen) atoms. The lowest BCUT2D eigenvalue weighted by Crippen LogP contribution is -2.13. The van der Waals surface area contributed by atoms with Crippen molar-refractivity contribution in [1.82, 2.24) is 0 Å². The summed E-state index contributed by atoms with van der Waals surface area (Å²) in [7, 11) is 0. The van der Waals surface area contributed by atoms with Gasteiger partial charge in [-0.15, -0.1) is 23.5 Å². The van der Waals surface area contributed by atoms with Crippen LogP contribution in [-0.2, 0) is 4.08 Å². The minimum Gasteiger partial charge on any atom is -0.289 e. The number of thiol groups is 2. The summed E-state index contributed by atoms with van der Waals surface area (Å²) in [5, 5.41) is 0. The number of thioether (sulfide) groups is 2. The van der Waals surface area contributed by atoms with Gasteiger partial charge in [-0.25, -0.2) is 0 Å². The van der Waals surface area contributed by atoms with Gasteiger partial charge in [-0.3, -0.25) is 4.79 Å².